The first kappa shape index (κ1) is 22.2. The number of amides is 1. The van der Waals surface area contributed by atoms with Gasteiger partial charge in [0.1, 0.15) is 11.6 Å². The molecule has 32 heavy (non-hydrogen) atoms. The van der Waals surface area contributed by atoms with Gasteiger partial charge < -0.3 is 4.90 Å². The maximum absolute atomic E-state index is 14.6. The summed E-state index contributed by atoms with van der Waals surface area (Å²) in [6.45, 7) is 7.39. The largest absolute Gasteiger partial charge is 0.350 e. The lowest BCUT2D eigenvalue weighted by Crippen LogP contribution is -2.29. The number of fused-ring (bicyclic) bond motifs is 3. The number of halogens is 2. The van der Waals surface area contributed by atoms with Crippen molar-refractivity contribution in [2.75, 3.05) is 24.5 Å². The minimum atomic E-state index is -0.542. The third-order valence-corrected chi connectivity index (χ3v) is 5.95. The Labute approximate surface area is 190 Å². The second-order valence-corrected chi connectivity index (χ2v) is 8.06. The number of carbonyl (C=O) groups excluding carboxylic acids is 1. The zero-order chi connectivity index (χ0) is 22.8. The summed E-state index contributed by atoms with van der Waals surface area (Å²) < 4.78 is 17.5. The number of hydrogen-bond acceptors (Lipinski definition) is 4. The summed E-state index contributed by atoms with van der Waals surface area (Å²) in [5.74, 6) is -0.608. The molecule has 3 aromatic rings. The molecule has 0 N–H and O–H groups in total. The van der Waals surface area contributed by atoms with Crippen LogP contribution in [-0.4, -0.2) is 44.8 Å². The standard InChI is InChI=1S/C23H25ClFN5O2/c1-3-27(4-2)12-7-13-28-23(32)30-19-11-10-16(24)14-20(19)29(22(31)15-21(30)26-28)18-9-6-5-8-17(18)25/h5-6,8-11,14H,3-4,7,12-13,15H2,1-2H3. The highest BCUT2D eigenvalue weighted by Gasteiger charge is 2.32. The van der Waals surface area contributed by atoms with E-state index in [1.54, 1.807) is 30.3 Å². The minimum absolute atomic E-state index is 0.103. The number of anilines is 2. The van der Waals surface area contributed by atoms with Gasteiger partial charge in [-0.05, 0) is 56.4 Å². The molecule has 1 amide bonds. The van der Waals surface area contributed by atoms with Crippen LogP contribution in [-0.2, 0) is 17.8 Å². The second kappa shape index (κ2) is 9.26. The number of benzene rings is 2. The average molecular weight is 458 g/mol. The Kier molecular flexibility index (Phi) is 6.43. The molecular weight excluding hydrogens is 433 g/mol. The van der Waals surface area contributed by atoms with E-state index in [-0.39, 0.29) is 17.8 Å². The van der Waals surface area contributed by atoms with Crippen molar-refractivity contribution in [2.24, 2.45) is 0 Å². The molecule has 168 valence electrons. The summed E-state index contributed by atoms with van der Waals surface area (Å²) in [5, 5.41) is 4.83. The van der Waals surface area contributed by atoms with Crippen molar-refractivity contribution in [2.45, 2.75) is 33.2 Å². The molecule has 0 saturated heterocycles. The predicted octanol–water partition coefficient (Wildman–Crippen LogP) is 3.78. The molecule has 0 aliphatic carbocycles. The Hall–Kier alpha value is -2.97. The molecule has 0 atom stereocenters. The van der Waals surface area contributed by atoms with E-state index in [4.69, 9.17) is 11.6 Å². The van der Waals surface area contributed by atoms with E-state index in [0.29, 0.717) is 28.8 Å². The van der Waals surface area contributed by atoms with Crippen molar-refractivity contribution in [3.05, 3.63) is 69.6 Å². The summed E-state index contributed by atoms with van der Waals surface area (Å²) in [7, 11) is 0. The Morgan fingerprint density at radius 3 is 2.53 bits per heavy atom. The molecule has 2 aromatic carbocycles. The Balaban J connectivity index is 1.77. The molecule has 0 saturated carbocycles. The third-order valence-electron chi connectivity index (χ3n) is 5.72. The molecule has 2 heterocycles. The lowest BCUT2D eigenvalue weighted by molar-refractivity contribution is -0.117. The second-order valence-electron chi connectivity index (χ2n) is 7.63. The van der Waals surface area contributed by atoms with Crippen LogP contribution in [0, 0.1) is 5.82 Å². The number of carbonyl (C=O) groups is 1. The number of rotatable bonds is 7. The maximum Gasteiger partial charge on any atom is 0.350 e. The molecule has 7 nitrogen and oxygen atoms in total. The topological polar surface area (TPSA) is 63.4 Å². The average Bonchev–Trinajstić information content (AvgIpc) is 3.01. The molecule has 0 radical (unpaired) electrons. The zero-order valence-corrected chi connectivity index (χ0v) is 18.8. The van der Waals surface area contributed by atoms with Gasteiger partial charge >= 0.3 is 5.69 Å². The lowest BCUT2D eigenvalue weighted by atomic mass is 10.2. The minimum Gasteiger partial charge on any atom is -0.304 e. The van der Waals surface area contributed by atoms with E-state index in [0.717, 1.165) is 26.1 Å². The first-order valence-electron chi connectivity index (χ1n) is 10.7. The number of para-hydroxylation sites is 1. The van der Waals surface area contributed by atoms with Crippen molar-refractivity contribution in [3.8, 4) is 5.69 Å². The Morgan fingerprint density at radius 2 is 1.81 bits per heavy atom. The highest BCUT2D eigenvalue weighted by Crippen LogP contribution is 2.37. The van der Waals surface area contributed by atoms with E-state index >= 15 is 0 Å². The normalized spacial score (nSPS) is 13.3. The van der Waals surface area contributed by atoms with Crippen molar-refractivity contribution in [1.29, 1.82) is 0 Å². The van der Waals surface area contributed by atoms with E-state index in [1.807, 2.05) is 0 Å². The van der Waals surface area contributed by atoms with Gasteiger partial charge in [-0.3, -0.25) is 9.69 Å². The molecule has 0 unspecified atom stereocenters. The van der Waals surface area contributed by atoms with Crippen LogP contribution in [0.5, 0.6) is 0 Å². The van der Waals surface area contributed by atoms with Crippen LogP contribution in [0.4, 0.5) is 15.8 Å². The molecule has 0 spiro atoms. The highest BCUT2D eigenvalue weighted by molar-refractivity contribution is 6.31. The SMILES string of the molecule is CCN(CC)CCCn1nc2n(c1=O)-c1ccc(Cl)cc1N(c1ccccc1F)C(=O)C2. The van der Waals surface area contributed by atoms with Crippen molar-refractivity contribution in [3.63, 3.8) is 0 Å². The first-order valence-corrected chi connectivity index (χ1v) is 11.1. The quantitative estimate of drug-likeness (QED) is 0.541. The number of nitrogens with zero attached hydrogens (tertiary/aromatic N) is 5. The van der Waals surface area contributed by atoms with Crippen molar-refractivity contribution in [1.82, 2.24) is 19.2 Å². The third kappa shape index (κ3) is 4.08. The summed E-state index contributed by atoms with van der Waals surface area (Å²) in [5.41, 5.74) is 0.562. The van der Waals surface area contributed by atoms with Gasteiger partial charge in [0, 0.05) is 11.6 Å². The van der Waals surface area contributed by atoms with Gasteiger partial charge in [0.05, 0.1) is 23.5 Å². The van der Waals surface area contributed by atoms with Gasteiger partial charge in [-0.1, -0.05) is 37.6 Å². The Morgan fingerprint density at radius 1 is 1.06 bits per heavy atom. The van der Waals surface area contributed by atoms with Gasteiger partial charge in [-0.2, -0.15) is 5.10 Å². The van der Waals surface area contributed by atoms with Crippen LogP contribution in [0.15, 0.2) is 47.3 Å². The molecular formula is C23H25ClFN5O2. The van der Waals surface area contributed by atoms with E-state index in [2.05, 4.69) is 23.8 Å². The van der Waals surface area contributed by atoms with E-state index in [1.165, 1.54) is 26.3 Å². The van der Waals surface area contributed by atoms with Crippen LogP contribution in [0.3, 0.4) is 0 Å². The fourth-order valence-electron chi connectivity index (χ4n) is 4.05. The molecule has 0 fully saturated rings. The first-order chi connectivity index (χ1) is 15.4. The highest BCUT2D eigenvalue weighted by atomic mass is 35.5. The Bertz CT molecular complexity index is 1200. The molecule has 1 aromatic heterocycles. The van der Waals surface area contributed by atoms with Gasteiger partial charge in [0.2, 0.25) is 5.91 Å². The lowest BCUT2D eigenvalue weighted by Gasteiger charge is -2.23. The zero-order valence-electron chi connectivity index (χ0n) is 18.1. The summed E-state index contributed by atoms with van der Waals surface area (Å²) in [6, 6.07) is 10.9. The summed E-state index contributed by atoms with van der Waals surface area (Å²) in [4.78, 5) is 30.1. The summed E-state index contributed by atoms with van der Waals surface area (Å²) in [6.07, 6.45) is 0.625. The maximum atomic E-state index is 14.6. The van der Waals surface area contributed by atoms with E-state index in [9.17, 15) is 14.0 Å². The summed E-state index contributed by atoms with van der Waals surface area (Å²) >= 11 is 6.22. The fourth-order valence-corrected chi connectivity index (χ4v) is 4.22. The van der Waals surface area contributed by atoms with Crippen LogP contribution in [0.2, 0.25) is 5.02 Å². The van der Waals surface area contributed by atoms with Gasteiger partial charge in [0.25, 0.3) is 0 Å². The van der Waals surface area contributed by atoms with Crippen molar-refractivity contribution < 1.29 is 9.18 Å². The monoisotopic (exact) mass is 457 g/mol. The van der Waals surface area contributed by atoms with Crippen LogP contribution in [0.1, 0.15) is 26.1 Å². The number of aryl methyl sites for hydroxylation is 1. The molecule has 0 bridgehead atoms. The van der Waals surface area contributed by atoms with Gasteiger partial charge in [0.15, 0.2) is 0 Å². The van der Waals surface area contributed by atoms with Gasteiger partial charge in [-0.15, -0.1) is 0 Å². The van der Waals surface area contributed by atoms with Crippen LogP contribution in [0.25, 0.3) is 5.69 Å². The van der Waals surface area contributed by atoms with Crippen LogP contribution >= 0.6 is 11.6 Å². The van der Waals surface area contributed by atoms with Crippen molar-refractivity contribution >= 4 is 28.9 Å². The van der Waals surface area contributed by atoms with Gasteiger partial charge in [-0.25, -0.2) is 18.4 Å². The molecule has 1 aliphatic rings. The molecule has 1 aliphatic heterocycles. The molecule has 9 heteroatoms. The fraction of sp³-hybridized carbons (Fsp3) is 0.348. The smallest absolute Gasteiger partial charge is 0.304 e. The molecule has 4 rings (SSSR count). The predicted molar refractivity (Wildman–Crippen MR) is 122 cm³/mol. The number of aromatic nitrogens is 3. The number of hydrogen-bond donors (Lipinski definition) is 0. The van der Waals surface area contributed by atoms with Crippen LogP contribution < -0.4 is 10.6 Å². The van der Waals surface area contributed by atoms with E-state index < -0.39 is 11.7 Å².